The summed E-state index contributed by atoms with van der Waals surface area (Å²) in [5.41, 5.74) is 2.70. The lowest BCUT2D eigenvalue weighted by molar-refractivity contribution is 0.0473. The number of hydrogen-bond acceptors (Lipinski definition) is 4. The van der Waals surface area contributed by atoms with Crippen molar-refractivity contribution in [1.82, 2.24) is 4.98 Å². The van der Waals surface area contributed by atoms with Crippen molar-refractivity contribution in [3.63, 3.8) is 0 Å². The number of fused-ring (bicyclic) bond motifs is 1. The summed E-state index contributed by atoms with van der Waals surface area (Å²) in [5, 5.41) is 5.88. The fraction of sp³-hybridized carbons (Fsp3) is 0.158. The molecule has 1 atom stereocenters. The van der Waals surface area contributed by atoms with Crippen molar-refractivity contribution >= 4 is 60.1 Å². The van der Waals surface area contributed by atoms with E-state index in [2.05, 4.69) is 42.0 Å². The highest BCUT2D eigenvalue weighted by Crippen LogP contribution is 2.37. The van der Waals surface area contributed by atoms with Crippen LogP contribution in [0.5, 0.6) is 5.75 Å². The molecule has 0 spiro atoms. The zero-order valence-electron chi connectivity index (χ0n) is 13.5. The van der Waals surface area contributed by atoms with E-state index in [9.17, 15) is 0 Å². The lowest BCUT2D eigenvalue weighted by atomic mass is 10.1. The number of aromatic nitrogens is 1. The molecule has 26 heavy (non-hydrogen) atoms. The Balaban J connectivity index is 1.48. The van der Waals surface area contributed by atoms with Gasteiger partial charge in [-0.05, 0) is 45.8 Å². The van der Waals surface area contributed by atoms with Gasteiger partial charge < -0.3 is 9.57 Å². The number of pyridine rings is 1. The maximum absolute atomic E-state index is 6.04. The zero-order valence-corrected chi connectivity index (χ0v) is 17.4. The topological polar surface area (TPSA) is 43.7 Å². The minimum absolute atomic E-state index is 0.144. The first-order valence-corrected chi connectivity index (χ1v) is 9.92. The van der Waals surface area contributed by atoms with Crippen molar-refractivity contribution in [3.8, 4) is 5.75 Å². The molecule has 0 fully saturated rings. The van der Waals surface area contributed by atoms with Gasteiger partial charge in [-0.3, -0.25) is 4.98 Å². The average Bonchev–Trinajstić information content (AvgIpc) is 3.11. The number of nitrogens with zero attached hydrogens (tertiary/aromatic N) is 2. The molecule has 3 aromatic rings. The molecule has 2 heterocycles. The van der Waals surface area contributed by atoms with Crippen LogP contribution in [0.4, 0.5) is 0 Å². The summed E-state index contributed by atoms with van der Waals surface area (Å²) in [6.45, 7) is 0.381. The normalized spacial score (nSPS) is 16.4. The second kappa shape index (κ2) is 7.55. The summed E-state index contributed by atoms with van der Waals surface area (Å²) in [7, 11) is 0. The Morgan fingerprint density at radius 1 is 1.15 bits per heavy atom. The molecule has 0 saturated heterocycles. The van der Waals surface area contributed by atoms with E-state index in [4.69, 9.17) is 21.2 Å². The zero-order chi connectivity index (χ0) is 18.1. The summed E-state index contributed by atoms with van der Waals surface area (Å²) >= 11 is 13.0. The molecule has 1 aliphatic heterocycles. The van der Waals surface area contributed by atoms with Crippen LogP contribution >= 0.6 is 43.5 Å². The minimum Gasteiger partial charge on any atom is -0.486 e. The first kappa shape index (κ1) is 17.8. The van der Waals surface area contributed by atoms with Crippen LogP contribution in [0.3, 0.4) is 0 Å². The third kappa shape index (κ3) is 3.59. The van der Waals surface area contributed by atoms with E-state index in [0.717, 1.165) is 31.1 Å². The maximum Gasteiger partial charge on any atom is 0.167 e. The van der Waals surface area contributed by atoms with E-state index in [0.29, 0.717) is 23.8 Å². The highest BCUT2D eigenvalue weighted by atomic mass is 79.9. The molecular formula is C19H13Br2ClN2O2. The lowest BCUT2D eigenvalue weighted by Gasteiger charge is -2.14. The monoisotopic (exact) mass is 494 g/mol. The molecular weight excluding hydrogens is 483 g/mol. The van der Waals surface area contributed by atoms with Gasteiger partial charge in [0, 0.05) is 27.5 Å². The van der Waals surface area contributed by atoms with Gasteiger partial charge >= 0.3 is 0 Å². The van der Waals surface area contributed by atoms with Crippen LogP contribution in [0, 0.1) is 0 Å². The van der Waals surface area contributed by atoms with Crippen LogP contribution in [-0.4, -0.2) is 23.4 Å². The first-order valence-electron chi connectivity index (χ1n) is 7.96. The van der Waals surface area contributed by atoms with Crippen LogP contribution in [0.1, 0.15) is 12.0 Å². The molecule has 4 rings (SSSR count). The molecule has 1 unspecified atom stereocenters. The van der Waals surface area contributed by atoms with E-state index in [1.165, 1.54) is 0 Å². The van der Waals surface area contributed by atoms with Gasteiger partial charge in [0.05, 0.1) is 10.2 Å². The molecule has 0 radical (unpaired) electrons. The molecule has 2 aromatic carbocycles. The smallest absolute Gasteiger partial charge is 0.167 e. The molecule has 0 bridgehead atoms. The number of ether oxygens (including phenoxy) is 1. The van der Waals surface area contributed by atoms with E-state index >= 15 is 0 Å². The van der Waals surface area contributed by atoms with Gasteiger partial charge in [-0.1, -0.05) is 50.9 Å². The highest BCUT2D eigenvalue weighted by molar-refractivity contribution is 9.11. The van der Waals surface area contributed by atoms with Gasteiger partial charge in [0.15, 0.2) is 11.9 Å². The number of hydrogen-bond donors (Lipinski definition) is 0. The number of halogens is 3. The van der Waals surface area contributed by atoms with Gasteiger partial charge in [0.1, 0.15) is 12.1 Å². The van der Waals surface area contributed by atoms with Crippen molar-refractivity contribution in [2.24, 2.45) is 5.16 Å². The van der Waals surface area contributed by atoms with Gasteiger partial charge in [-0.25, -0.2) is 0 Å². The summed E-state index contributed by atoms with van der Waals surface area (Å²) < 4.78 is 7.85. The molecule has 7 heteroatoms. The number of oxime groups is 1. The third-order valence-electron chi connectivity index (χ3n) is 4.07. The molecule has 1 aliphatic rings. The molecule has 0 saturated carbocycles. The standard InChI is InChI=1S/C19H13Br2ClN2O2/c20-15-9-16(21)19(18-14(15)2-1-7-23-18)25-10-13-8-17(24-26-13)11-3-5-12(22)6-4-11/h1-7,9,13H,8,10H2. The van der Waals surface area contributed by atoms with Crippen molar-refractivity contribution in [2.45, 2.75) is 12.5 Å². The average molecular weight is 497 g/mol. The summed E-state index contributed by atoms with van der Waals surface area (Å²) in [6.07, 6.45) is 2.29. The third-order valence-corrected chi connectivity index (χ3v) is 5.57. The van der Waals surface area contributed by atoms with Gasteiger partial charge in [-0.15, -0.1) is 0 Å². The second-order valence-corrected chi connectivity index (χ2v) is 8.00. The van der Waals surface area contributed by atoms with Crippen LogP contribution in [-0.2, 0) is 4.84 Å². The predicted octanol–water partition coefficient (Wildman–Crippen LogP) is 5.99. The Bertz CT molecular complexity index is 993. The highest BCUT2D eigenvalue weighted by Gasteiger charge is 2.24. The van der Waals surface area contributed by atoms with Gasteiger partial charge in [0.25, 0.3) is 0 Å². The lowest BCUT2D eigenvalue weighted by Crippen LogP contribution is -2.18. The van der Waals surface area contributed by atoms with Crippen molar-refractivity contribution < 1.29 is 9.57 Å². The van der Waals surface area contributed by atoms with Gasteiger partial charge in [-0.2, -0.15) is 0 Å². The summed E-state index contributed by atoms with van der Waals surface area (Å²) in [5.74, 6) is 0.701. The molecule has 0 N–H and O–H groups in total. The van der Waals surface area contributed by atoms with E-state index in [1.807, 2.05) is 42.5 Å². The van der Waals surface area contributed by atoms with Gasteiger partial charge in [0.2, 0.25) is 0 Å². The minimum atomic E-state index is -0.144. The fourth-order valence-electron chi connectivity index (χ4n) is 2.79. The van der Waals surface area contributed by atoms with Crippen molar-refractivity contribution in [2.75, 3.05) is 6.61 Å². The molecule has 0 aliphatic carbocycles. The van der Waals surface area contributed by atoms with Crippen LogP contribution < -0.4 is 4.74 Å². The Kier molecular flexibility index (Phi) is 5.16. The van der Waals surface area contributed by atoms with Crippen LogP contribution in [0.25, 0.3) is 10.9 Å². The number of rotatable bonds is 4. The van der Waals surface area contributed by atoms with E-state index in [1.54, 1.807) is 6.20 Å². The predicted molar refractivity (Wildman–Crippen MR) is 110 cm³/mol. The van der Waals surface area contributed by atoms with E-state index < -0.39 is 0 Å². The SMILES string of the molecule is Clc1ccc(C2=NOC(COc3c(Br)cc(Br)c4cccnc34)C2)cc1. The fourth-order valence-corrected chi connectivity index (χ4v) is 4.30. The Labute approximate surface area is 172 Å². The first-order chi connectivity index (χ1) is 12.6. The summed E-state index contributed by atoms with van der Waals surface area (Å²) in [6, 6.07) is 13.4. The Morgan fingerprint density at radius 3 is 2.77 bits per heavy atom. The maximum atomic E-state index is 6.04. The second-order valence-electron chi connectivity index (χ2n) is 5.86. The molecule has 0 amide bonds. The molecule has 4 nitrogen and oxygen atoms in total. The quantitative estimate of drug-likeness (QED) is 0.446. The summed E-state index contributed by atoms with van der Waals surface area (Å²) in [4.78, 5) is 9.98. The molecule has 1 aromatic heterocycles. The number of benzene rings is 2. The van der Waals surface area contributed by atoms with Crippen molar-refractivity contribution in [1.29, 1.82) is 0 Å². The van der Waals surface area contributed by atoms with Crippen LogP contribution in [0.15, 0.2) is 62.8 Å². The Morgan fingerprint density at radius 2 is 1.96 bits per heavy atom. The Hall–Kier alpha value is -1.63. The van der Waals surface area contributed by atoms with Crippen LogP contribution in [0.2, 0.25) is 5.02 Å². The van der Waals surface area contributed by atoms with E-state index in [-0.39, 0.29) is 6.10 Å². The van der Waals surface area contributed by atoms with Crippen molar-refractivity contribution in [3.05, 3.63) is 68.2 Å². The largest absolute Gasteiger partial charge is 0.486 e. The molecule has 132 valence electrons.